The molecule has 1 aliphatic heterocycles. The van der Waals surface area contributed by atoms with E-state index in [4.69, 9.17) is 4.74 Å². The maximum atomic E-state index is 10.4. The number of fused-ring (bicyclic) bond motifs is 2. The average molecular weight is 535 g/mol. The Labute approximate surface area is 223 Å². The van der Waals surface area contributed by atoms with Crippen LogP contribution in [0, 0.1) is 6.92 Å². The summed E-state index contributed by atoms with van der Waals surface area (Å²) in [7, 11) is -2.55. The standard InChI is InChI=1S/C22H23N2OS.C7H8O3S/c1-4-23-17(11-10-16-8-6-7-9-19(16)23)14-22-24(5-2)20-15-18(25-3)12-13-21(20)26-22;1-6-2-4-7(5-3-6)11(8,9)10/h6-15H,4-5H2,1-3H3;2-5H,1H3,(H,8,9,10)/q+1;/p-1. The summed E-state index contributed by atoms with van der Waals surface area (Å²) in [5.74, 6) is 0.901. The number of methoxy groups -OCH3 is 1. The van der Waals surface area contributed by atoms with E-state index in [1.54, 1.807) is 19.2 Å². The maximum Gasteiger partial charge on any atom is 0.212 e. The summed E-state index contributed by atoms with van der Waals surface area (Å²) < 4.78 is 39.0. The molecule has 0 aliphatic carbocycles. The number of anilines is 1. The van der Waals surface area contributed by atoms with Crippen molar-refractivity contribution >= 4 is 44.5 Å². The number of aromatic nitrogens is 1. The van der Waals surface area contributed by atoms with Crippen LogP contribution >= 0.6 is 11.8 Å². The molecule has 0 bridgehead atoms. The lowest BCUT2D eigenvalue weighted by atomic mass is 10.2. The number of benzene rings is 3. The summed E-state index contributed by atoms with van der Waals surface area (Å²) >= 11 is 1.83. The molecule has 192 valence electrons. The summed E-state index contributed by atoms with van der Waals surface area (Å²) in [6, 6.07) is 25.1. The molecule has 37 heavy (non-hydrogen) atoms. The lowest BCUT2D eigenvalue weighted by Crippen LogP contribution is -2.36. The second kappa shape index (κ2) is 11.4. The lowest BCUT2D eigenvalue weighted by molar-refractivity contribution is -0.669. The van der Waals surface area contributed by atoms with Crippen LogP contribution in [-0.2, 0) is 16.7 Å². The third-order valence-electron chi connectivity index (χ3n) is 6.12. The van der Waals surface area contributed by atoms with E-state index in [9.17, 15) is 13.0 Å². The number of ether oxygens (including phenoxy) is 1. The van der Waals surface area contributed by atoms with Crippen molar-refractivity contribution in [3.05, 3.63) is 95.1 Å². The first kappa shape index (κ1) is 26.7. The van der Waals surface area contributed by atoms with E-state index in [2.05, 4.69) is 77.9 Å². The molecule has 0 spiro atoms. The van der Waals surface area contributed by atoms with Crippen molar-refractivity contribution < 1.29 is 22.3 Å². The lowest BCUT2D eigenvalue weighted by Gasteiger charge is -2.18. The molecule has 5 rings (SSSR count). The Bertz CT molecular complexity index is 1550. The highest BCUT2D eigenvalue weighted by atomic mass is 32.2. The fraction of sp³-hybridized carbons (Fsp3) is 0.207. The Balaban J connectivity index is 0.000000245. The van der Waals surface area contributed by atoms with Crippen LogP contribution in [0.25, 0.3) is 17.0 Å². The highest BCUT2D eigenvalue weighted by Gasteiger charge is 2.26. The van der Waals surface area contributed by atoms with Gasteiger partial charge in [-0.25, -0.2) is 8.42 Å². The van der Waals surface area contributed by atoms with Gasteiger partial charge in [0, 0.05) is 41.1 Å². The molecule has 0 saturated carbocycles. The van der Waals surface area contributed by atoms with Gasteiger partial charge in [0.1, 0.15) is 22.4 Å². The Hall–Kier alpha value is -3.33. The number of nitrogens with zero attached hydrogens (tertiary/aromatic N) is 2. The summed E-state index contributed by atoms with van der Waals surface area (Å²) in [6.07, 6.45) is 2.30. The SMILES string of the molecule is CCN1/C(=C/c2ccc3ccccc3[n+]2CC)Sc2ccc(OC)cc21.Cc1ccc(S(=O)(=O)[O-])cc1. The minimum atomic E-state index is -4.27. The normalized spacial score (nSPS) is 13.9. The zero-order chi connectivity index (χ0) is 26.6. The fourth-order valence-electron chi connectivity index (χ4n) is 4.23. The molecule has 4 aromatic rings. The van der Waals surface area contributed by atoms with Gasteiger partial charge in [-0.3, -0.25) is 0 Å². The summed E-state index contributed by atoms with van der Waals surface area (Å²) in [6.45, 7) is 8.09. The van der Waals surface area contributed by atoms with Crippen molar-refractivity contribution in [2.45, 2.75) is 37.1 Å². The van der Waals surface area contributed by atoms with Crippen molar-refractivity contribution in [2.24, 2.45) is 0 Å². The Morgan fingerprint density at radius 1 is 1.00 bits per heavy atom. The van der Waals surface area contributed by atoms with Crippen LogP contribution in [0.2, 0.25) is 0 Å². The Morgan fingerprint density at radius 2 is 1.73 bits per heavy atom. The first-order valence-electron chi connectivity index (χ1n) is 12.0. The number of pyridine rings is 1. The van der Waals surface area contributed by atoms with Crippen LogP contribution in [0.1, 0.15) is 25.1 Å². The number of hydrogen-bond donors (Lipinski definition) is 0. The van der Waals surface area contributed by atoms with Crippen LogP contribution in [0.3, 0.4) is 0 Å². The van der Waals surface area contributed by atoms with Gasteiger partial charge in [0.05, 0.1) is 22.7 Å². The highest BCUT2D eigenvalue weighted by molar-refractivity contribution is 8.03. The Kier molecular flexibility index (Phi) is 8.22. The second-order valence-electron chi connectivity index (χ2n) is 8.49. The monoisotopic (exact) mass is 534 g/mol. The number of thioether (sulfide) groups is 1. The second-order valence-corrected chi connectivity index (χ2v) is 10.9. The minimum Gasteiger partial charge on any atom is -0.744 e. The molecule has 3 aromatic carbocycles. The van der Waals surface area contributed by atoms with Crippen LogP contribution < -0.4 is 14.2 Å². The van der Waals surface area contributed by atoms with Gasteiger partial charge in [-0.1, -0.05) is 41.6 Å². The number of para-hydroxylation sites is 1. The molecule has 1 aromatic heterocycles. The molecule has 0 amide bonds. The van der Waals surface area contributed by atoms with Crippen molar-refractivity contribution in [1.82, 2.24) is 0 Å². The van der Waals surface area contributed by atoms with E-state index < -0.39 is 10.1 Å². The van der Waals surface area contributed by atoms with E-state index in [0.29, 0.717) is 0 Å². The molecule has 0 saturated heterocycles. The van der Waals surface area contributed by atoms with Gasteiger partial charge in [-0.2, -0.15) is 4.57 Å². The topological polar surface area (TPSA) is 73.5 Å². The highest BCUT2D eigenvalue weighted by Crippen LogP contribution is 2.47. The third kappa shape index (κ3) is 5.98. The Morgan fingerprint density at radius 3 is 2.38 bits per heavy atom. The van der Waals surface area contributed by atoms with E-state index in [0.717, 1.165) is 24.4 Å². The third-order valence-corrected chi connectivity index (χ3v) is 8.09. The molecule has 0 atom stereocenters. The molecule has 8 heteroatoms. The van der Waals surface area contributed by atoms with Crippen molar-refractivity contribution in [3.63, 3.8) is 0 Å². The summed E-state index contributed by atoms with van der Waals surface area (Å²) in [5, 5.41) is 2.53. The van der Waals surface area contributed by atoms with Crippen LogP contribution in [0.15, 0.2) is 93.7 Å². The smallest absolute Gasteiger partial charge is 0.212 e. The minimum absolute atomic E-state index is 0.178. The number of rotatable bonds is 5. The molecular weight excluding hydrogens is 504 g/mol. The van der Waals surface area contributed by atoms with Gasteiger partial charge in [-0.05, 0) is 57.2 Å². The summed E-state index contributed by atoms with van der Waals surface area (Å²) in [5.41, 5.74) is 4.66. The molecular formula is C29H30N2O4S2. The van der Waals surface area contributed by atoms with Crippen molar-refractivity contribution in [3.8, 4) is 5.75 Å². The molecule has 0 radical (unpaired) electrons. The maximum absolute atomic E-state index is 10.4. The van der Waals surface area contributed by atoms with Crippen LogP contribution in [0.5, 0.6) is 5.75 Å². The van der Waals surface area contributed by atoms with Crippen LogP contribution in [0.4, 0.5) is 5.69 Å². The molecule has 0 fully saturated rings. The van der Waals surface area contributed by atoms with E-state index in [1.807, 2.05) is 24.8 Å². The van der Waals surface area contributed by atoms with Gasteiger partial charge in [-0.15, -0.1) is 0 Å². The molecule has 0 unspecified atom stereocenters. The van der Waals surface area contributed by atoms with Gasteiger partial charge < -0.3 is 14.2 Å². The van der Waals surface area contributed by atoms with E-state index >= 15 is 0 Å². The van der Waals surface area contributed by atoms with Crippen molar-refractivity contribution in [1.29, 1.82) is 0 Å². The largest absolute Gasteiger partial charge is 0.744 e. The first-order chi connectivity index (χ1) is 17.7. The van der Waals surface area contributed by atoms with E-state index in [-0.39, 0.29) is 4.90 Å². The quantitative estimate of drug-likeness (QED) is 0.231. The van der Waals surface area contributed by atoms with Gasteiger partial charge in [0.25, 0.3) is 0 Å². The number of hydrogen-bond acceptors (Lipinski definition) is 6. The molecule has 6 nitrogen and oxygen atoms in total. The van der Waals surface area contributed by atoms with Gasteiger partial charge in [0.15, 0.2) is 0 Å². The van der Waals surface area contributed by atoms with Gasteiger partial charge >= 0.3 is 0 Å². The predicted octanol–water partition coefficient (Wildman–Crippen LogP) is 5.99. The molecule has 2 heterocycles. The zero-order valence-electron chi connectivity index (χ0n) is 21.3. The first-order valence-corrected chi connectivity index (χ1v) is 14.3. The van der Waals surface area contributed by atoms with E-state index in [1.165, 1.54) is 44.3 Å². The number of aryl methyl sites for hydroxylation is 2. The molecule has 0 N–H and O–H groups in total. The fourth-order valence-corrected chi connectivity index (χ4v) is 5.85. The van der Waals surface area contributed by atoms with Crippen molar-refractivity contribution in [2.75, 3.05) is 18.6 Å². The predicted molar refractivity (Wildman–Crippen MR) is 149 cm³/mol. The van der Waals surface area contributed by atoms with Gasteiger partial charge in [0.2, 0.25) is 11.2 Å². The molecule has 1 aliphatic rings. The summed E-state index contributed by atoms with van der Waals surface area (Å²) in [4.78, 5) is 3.46. The van der Waals surface area contributed by atoms with Crippen LogP contribution in [-0.4, -0.2) is 26.6 Å². The average Bonchev–Trinajstić information content (AvgIpc) is 3.24. The zero-order valence-corrected chi connectivity index (χ0v) is 23.0.